The lowest BCUT2D eigenvalue weighted by Crippen LogP contribution is -2.03. The molecule has 1 heterocycles. The number of benzene rings is 1. The summed E-state index contributed by atoms with van der Waals surface area (Å²) >= 11 is 0. The van der Waals surface area contributed by atoms with Crippen LogP contribution in [0.15, 0.2) is 28.0 Å². The van der Waals surface area contributed by atoms with E-state index in [2.05, 4.69) is 0 Å². The Bertz CT molecular complexity index is 611. The van der Waals surface area contributed by atoms with E-state index in [9.17, 15) is 13.2 Å². The summed E-state index contributed by atoms with van der Waals surface area (Å²) in [6, 6.07) is 5.11. The van der Waals surface area contributed by atoms with Gasteiger partial charge >= 0.3 is 5.97 Å². The van der Waals surface area contributed by atoms with Gasteiger partial charge in [-0.05, 0) is 31.1 Å². The summed E-state index contributed by atoms with van der Waals surface area (Å²) in [5.41, 5.74) is 1.64. The molecule has 0 bridgehead atoms. The molecule has 0 saturated heterocycles. The predicted molar refractivity (Wildman–Crippen MR) is 63.2 cm³/mol. The molecule has 1 aliphatic heterocycles. The molecule has 0 spiro atoms. The van der Waals surface area contributed by atoms with Gasteiger partial charge in [0, 0.05) is 0 Å². The third-order valence-electron chi connectivity index (χ3n) is 2.70. The number of fused-ring (bicyclic) bond motifs is 1. The van der Waals surface area contributed by atoms with Crippen molar-refractivity contribution in [2.75, 3.05) is 0 Å². The number of hydrogen-bond donors (Lipinski definition) is 1. The fraction of sp³-hybridized carbons (Fsp3) is 0.250. The van der Waals surface area contributed by atoms with Gasteiger partial charge < -0.3 is 5.11 Å². The molecule has 1 aliphatic rings. The van der Waals surface area contributed by atoms with E-state index in [1.165, 1.54) is 0 Å². The Labute approximate surface area is 99.5 Å². The standard InChI is InChI=1S/C12H12O4S/c1-8-2-4-11-9(6-8)7-10(17(11,15)16)3-5-12(13)14/h2,4,6-7H,3,5H2,1H3,(H,13,14). The Kier molecular flexibility index (Phi) is 2.79. The maximum atomic E-state index is 12.0. The number of carboxylic acids is 1. The van der Waals surface area contributed by atoms with Crippen LogP contribution in [0.4, 0.5) is 0 Å². The Balaban J connectivity index is 2.40. The average Bonchev–Trinajstić information content (AvgIpc) is 2.46. The molecule has 5 heteroatoms. The van der Waals surface area contributed by atoms with Crippen LogP contribution in [0.5, 0.6) is 0 Å². The number of rotatable bonds is 3. The number of carboxylic acid groups (broad SMARTS) is 1. The second kappa shape index (κ2) is 4.00. The molecule has 0 saturated carbocycles. The molecule has 4 nitrogen and oxygen atoms in total. The van der Waals surface area contributed by atoms with Crippen LogP contribution in [-0.4, -0.2) is 19.5 Å². The van der Waals surface area contributed by atoms with Crippen molar-refractivity contribution in [3.63, 3.8) is 0 Å². The highest BCUT2D eigenvalue weighted by molar-refractivity contribution is 7.95. The van der Waals surface area contributed by atoms with Crippen molar-refractivity contribution in [1.29, 1.82) is 0 Å². The van der Waals surface area contributed by atoms with Crippen molar-refractivity contribution in [2.45, 2.75) is 24.7 Å². The van der Waals surface area contributed by atoms with Crippen LogP contribution in [0.3, 0.4) is 0 Å². The first-order chi connectivity index (χ1) is 7.91. The molecule has 1 aromatic rings. The van der Waals surface area contributed by atoms with E-state index in [4.69, 9.17) is 5.11 Å². The van der Waals surface area contributed by atoms with Crippen LogP contribution in [0.25, 0.3) is 6.08 Å². The highest BCUT2D eigenvalue weighted by Gasteiger charge is 2.29. The second-order valence-electron chi connectivity index (χ2n) is 4.05. The van der Waals surface area contributed by atoms with Crippen molar-refractivity contribution in [3.8, 4) is 0 Å². The smallest absolute Gasteiger partial charge is 0.303 e. The summed E-state index contributed by atoms with van der Waals surface area (Å²) in [7, 11) is -3.46. The molecular weight excluding hydrogens is 240 g/mol. The van der Waals surface area contributed by atoms with Gasteiger partial charge in [0.05, 0.1) is 16.2 Å². The van der Waals surface area contributed by atoms with Gasteiger partial charge in [0.15, 0.2) is 0 Å². The van der Waals surface area contributed by atoms with Crippen LogP contribution >= 0.6 is 0 Å². The average molecular weight is 252 g/mol. The molecule has 2 rings (SSSR count). The minimum absolute atomic E-state index is 0.0470. The predicted octanol–water partition coefficient (Wildman–Crippen LogP) is 1.99. The first kappa shape index (κ1) is 11.9. The Morgan fingerprint density at radius 3 is 2.71 bits per heavy atom. The van der Waals surface area contributed by atoms with Gasteiger partial charge in [0.1, 0.15) is 0 Å². The van der Waals surface area contributed by atoms with Crippen LogP contribution in [0.1, 0.15) is 24.0 Å². The number of sulfone groups is 1. The van der Waals surface area contributed by atoms with Gasteiger partial charge in [-0.2, -0.15) is 0 Å². The van der Waals surface area contributed by atoms with Crippen LogP contribution in [0.2, 0.25) is 0 Å². The van der Waals surface area contributed by atoms with Crippen LogP contribution in [-0.2, 0) is 14.6 Å². The van der Waals surface area contributed by atoms with E-state index in [1.54, 1.807) is 24.3 Å². The molecule has 0 atom stereocenters. The molecule has 1 aromatic carbocycles. The van der Waals surface area contributed by atoms with E-state index in [0.717, 1.165) is 5.56 Å². The van der Waals surface area contributed by atoms with E-state index in [1.807, 2.05) is 6.92 Å². The molecule has 90 valence electrons. The molecule has 0 aromatic heterocycles. The van der Waals surface area contributed by atoms with Gasteiger partial charge in [-0.1, -0.05) is 17.7 Å². The van der Waals surface area contributed by atoms with Gasteiger partial charge in [-0.3, -0.25) is 4.79 Å². The first-order valence-electron chi connectivity index (χ1n) is 5.19. The van der Waals surface area contributed by atoms with Crippen molar-refractivity contribution in [3.05, 3.63) is 34.2 Å². The largest absolute Gasteiger partial charge is 0.481 e. The normalized spacial score (nSPS) is 16.4. The van der Waals surface area contributed by atoms with Gasteiger partial charge in [0.2, 0.25) is 9.84 Å². The summed E-state index contributed by atoms with van der Waals surface area (Å²) < 4.78 is 24.1. The number of allylic oxidation sites excluding steroid dienone is 1. The molecule has 17 heavy (non-hydrogen) atoms. The molecule has 0 aliphatic carbocycles. The zero-order valence-electron chi connectivity index (χ0n) is 9.30. The number of hydrogen-bond acceptors (Lipinski definition) is 3. The Hall–Kier alpha value is -1.62. The van der Waals surface area contributed by atoms with Crippen molar-refractivity contribution in [1.82, 2.24) is 0 Å². The summed E-state index contributed by atoms with van der Waals surface area (Å²) in [4.78, 5) is 10.9. The number of aryl methyl sites for hydroxylation is 1. The molecule has 0 unspecified atom stereocenters. The van der Waals surface area contributed by atoms with E-state index in [0.29, 0.717) is 5.56 Å². The SMILES string of the molecule is Cc1ccc2c(c1)C=C(CCC(=O)O)S2(=O)=O. The summed E-state index contributed by atoms with van der Waals surface area (Å²) in [5, 5.41) is 8.58. The van der Waals surface area contributed by atoms with Gasteiger partial charge in [-0.15, -0.1) is 0 Å². The zero-order valence-corrected chi connectivity index (χ0v) is 10.1. The zero-order chi connectivity index (χ0) is 12.6. The molecule has 1 N–H and O–H groups in total. The maximum absolute atomic E-state index is 12.0. The molecule has 0 radical (unpaired) electrons. The lowest BCUT2D eigenvalue weighted by Gasteiger charge is -2.02. The van der Waals surface area contributed by atoms with E-state index in [-0.39, 0.29) is 22.6 Å². The lowest BCUT2D eigenvalue weighted by atomic mass is 10.1. The Morgan fingerprint density at radius 1 is 1.35 bits per heavy atom. The van der Waals surface area contributed by atoms with Gasteiger partial charge in [0.25, 0.3) is 0 Å². The summed E-state index contributed by atoms with van der Waals surface area (Å²) in [5.74, 6) is -0.992. The number of carbonyl (C=O) groups is 1. The quantitative estimate of drug-likeness (QED) is 0.893. The topological polar surface area (TPSA) is 71.4 Å². The lowest BCUT2D eigenvalue weighted by molar-refractivity contribution is -0.136. The fourth-order valence-corrected chi connectivity index (χ4v) is 3.47. The van der Waals surface area contributed by atoms with E-state index < -0.39 is 15.8 Å². The highest BCUT2D eigenvalue weighted by atomic mass is 32.2. The van der Waals surface area contributed by atoms with Crippen molar-refractivity contribution >= 4 is 21.9 Å². The first-order valence-corrected chi connectivity index (χ1v) is 6.67. The third kappa shape index (κ3) is 2.10. The molecular formula is C12H12O4S. The van der Waals surface area contributed by atoms with Crippen molar-refractivity contribution < 1.29 is 18.3 Å². The minimum atomic E-state index is -3.46. The van der Waals surface area contributed by atoms with Crippen LogP contribution in [0, 0.1) is 6.92 Å². The summed E-state index contributed by atoms with van der Waals surface area (Å²) in [6.45, 7) is 1.88. The fourth-order valence-electron chi connectivity index (χ4n) is 1.85. The minimum Gasteiger partial charge on any atom is -0.481 e. The molecule has 0 amide bonds. The van der Waals surface area contributed by atoms with Crippen molar-refractivity contribution in [2.24, 2.45) is 0 Å². The summed E-state index contributed by atoms with van der Waals surface area (Å²) in [6.07, 6.45) is 1.45. The maximum Gasteiger partial charge on any atom is 0.303 e. The third-order valence-corrected chi connectivity index (χ3v) is 4.66. The van der Waals surface area contributed by atoms with E-state index >= 15 is 0 Å². The van der Waals surface area contributed by atoms with Gasteiger partial charge in [-0.25, -0.2) is 8.42 Å². The second-order valence-corrected chi connectivity index (χ2v) is 6.02. The monoisotopic (exact) mass is 252 g/mol. The highest BCUT2D eigenvalue weighted by Crippen LogP contribution is 2.35. The Morgan fingerprint density at radius 2 is 2.06 bits per heavy atom. The van der Waals surface area contributed by atoms with Crippen LogP contribution < -0.4 is 0 Å². The molecule has 0 fully saturated rings. The number of aliphatic carboxylic acids is 1.